The van der Waals surface area contributed by atoms with E-state index in [2.05, 4.69) is 33.0 Å². The van der Waals surface area contributed by atoms with Gasteiger partial charge in [0.15, 0.2) is 0 Å². The van der Waals surface area contributed by atoms with Crippen LogP contribution in [0.5, 0.6) is 0 Å². The number of carbonyl (C=O) groups excluding carboxylic acids is 2. The Hall–Kier alpha value is -2.96. The number of likely N-dealkylation sites (tertiary alicyclic amines) is 1. The molecule has 6 heteroatoms. The highest BCUT2D eigenvalue weighted by Gasteiger charge is 2.28. The monoisotopic (exact) mass is 405 g/mol. The minimum absolute atomic E-state index is 0.103. The lowest BCUT2D eigenvalue weighted by molar-refractivity contribution is -0.117. The Kier molecular flexibility index (Phi) is 6.03. The molecule has 2 heterocycles. The van der Waals surface area contributed by atoms with Gasteiger partial charge in [-0.15, -0.1) is 11.3 Å². The SMILES string of the molecule is O=C(CN1CCC[C@@H]1c1cccs1)Nc1ccccc1C(=O)Nc1ccccc1. The number of carbonyl (C=O) groups is 2. The lowest BCUT2D eigenvalue weighted by Crippen LogP contribution is -2.33. The molecule has 0 unspecified atom stereocenters. The van der Waals surface area contributed by atoms with Crippen molar-refractivity contribution in [2.75, 3.05) is 23.7 Å². The van der Waals surface area contributed by atoms with Gasteiger partial charge in [0.1, 0.15) is 0 Å². The van der Waals surface area contributed by atoms with E-state index >= 15 is 0 Å². The van der Waals surface area contributed by atoms with Crippen LogP contribution >= 0.6 is 11.3 Å². The van der Waals surface area contributed by atoms with Gasteiger partial charge in [0.2, 0.25) is 5.91 Å². The molecule has 0 radical (unpaired) electrons. The fraction of sp³-hybridized carbons (Fsp3) is 0.217. The van der Waals surface area contributed by atoms with Gasteiger partial charge in [-0.2, -0.15) is 0 Å². The Morgan fingerprint density at radius 3 is 2.55 bits per heavy atom. The third-order valence-electron chi connectivity index (χ3n) is 5.06. The third-order valence-corrected chi connectivity index (χ3v) is 6.03. The van der Waals surface area contributed by atoms with Crippen LogP contribution in [-0.4, -0.2) is 29.8 Å². The molecule has 2 N–H and O–H groups in total. The van der Waals surface area contributed by atoms with Crippen molar-refractivity contribution in [1.29, 1.82) is 0 Å². The molecule has 1 aromatic heterocycles. The fourth-order valence-corrected chi connectivity index (χ4v) is 4.60. The molecular formula is C23H23N3O2S. The quantitative estimate of drug-likeness (QED) is 0.621. The van der Waals surface area contributed by atoms with E-state index in [0.29, 0.717) is 23.8 Å². The van der Waals surface area contributed by atoms with Crippen molar-refractivity contribution < 1.29 is 9.59 Å². The molecular weight excluding hydrogens is 382 g/mol. The summed E-state index contributed by atoms with van der Waals surface area (Å²) in [5, 5.41) is 7.88. The number of nitrogens with zero attached hydrogens (tertiary/aromatic N) is 1. The van der Waals surface area contributed by atoms with E-state index in [4.69, 9.17) is 0 Å². The average Bonchev–Trinajstić information content (AvgIpc) is 3.40. The fourth-order valence-electron chi connectivity index (χ4n) is 3.70. The standard InChI is InChI=1S/C23H23N3O2S/c27-22(16-26-14-6-12-20(26)21-13-7-15-29-21)25-19-11-5-4-10-18(19)23(28)24-17-8-2-1-3-9-17/h1-5,7-11,13,15,20H,6,12,14,16H2,(H,24,28)(H,25,27)/t20-/m1/s1. The summed E-state index contributed by atoms with van der Waals surface area (Å²) >= 11 is 1.74. The largest absolute Gasteiger partial charge is 0.324 e. The molecule has 1 saturated heterocycles. The van der Waals surface area contributed by atoms with Gasteiger partial charge < -0.3 is 10.6 Å². The molecule has 1 aliphatic heterocycles. The Morgan fingerprint density at radius 2 is 1.76 bits per heavy atom. The van der Waals surface area contributed by atoms with Crippen molar-refractivity contribution in [2.45, 2.75) is 18.9 Å². The first kappa shape index (κ1) is 19.4. The molecule has 5 nitrogen and oxygen atoms in total. The highest BCUT2D eigenvalue weighted by Crippen LogP contribution is 2.34. The van der Waals surface area contributed by atoms with Gasteiger partial charge in [0, 0.05) is 16.6 Å². The van der Waals surface area contributed by atoms with Gasteiger partial charge in [-0.25, -0.2) is 0 Å². The van der Waals surface area contributed by atoms with Crippen molar-refractivity contribution in [3.8, 4) is 0 Å². The van der Waals surface area contributed by atoms with Crippen molar-refractivity contribution in [3.63, 3.8) is 0 Å². The summed E-state index contributed by atoms with van der Waals surface area (Å²) < 4.78 is 0. The zero-order valence-corrected chi connectivity index (χ0v) is 16.8. The van der Waals surface area contributed by atoms with Crippen LogP contribution in [0.1, 0.15) is 34.1 Å². The van der Waals surface area contributed by atoms with Gasteiger partial charge in [-0.05, 0) is 55.1 Å². The van der Waals surface area contributed by atoms with E-state index < -0.39 is 0 Å². The molecule has 2 aromatic carbocycles. The van der Waals surface area contributed by atoms with Gasteiger partial charge in [-0.1, -0.05) is 36.4 Å². The van der Waals surface area contributed by atoms with Crippen LogP contribution in [0.3, 0.4) is 0 Å². The van der Waals surface area contributed by atoms with Crippen molar-refractivity contribution in [2.24, 2.45) is 0 Å². The van der Waals surface area contributed by atoms with E-state index in [-0.39, 0.29) is 11.8 Å². The van der Waals surface area contributed by atoms with Crippen molar-refractivity contribution >= 4 is 34.5 Å². The normalized spacial score (nSPS) is 16.5. The molecule has 0 spiro atoms. The van der Waals surface area contributed by atoms with Crippen LogP contribution in [0.25, 0.3) is 0 Å². The van der Waals surface area contributed by atoms with Crippen LogP contribution < -0.4 is 10.6 Å². The second kappa shape index (κ2) is 9.03. The molecule has 1 aliphatic rings. The number of thiophene rings is 1. The molecule has 148 valence electrons. The van der Waals surface area contributed by atoms with E-state index in [1.165, 1.54) is 4.88 Å². The summed E-state index contributed by atoms with van der Waals surface area (Å²) in [6.45, 7) is 1.23. The Bertz CT molecular complexity index is 973. The predicted octanol–water partition coefficient (Wildman–Crippen LogP) is 4.78. The van der Waals surface area contributed by atoms with Crippen molar-refractivity contribution in [1.82, 2.24) is 4.90 Å². The minimum atomic E-state index is -0.246. The maximum absolute atomic E-state index is 12.7. The summed E-state index contributed by atoms with van der Waals surface area (Å²) in [6, 6.07) is 20.9. The van der Waals surface area contributed by atoms with Crippen molar-refractivity contribution in [3.05, 3.63) is 82.6 Å². The lowest BCUT2D eigenvalue weighted by Gasteiger charge is -2.23. The average molecular weight is 406 g/mol. The Morgan fingerprint density at radius 1 is 0.966 bits per heavy atom. The number of benzene rings is 2. The summed E-state index contributed by atoms with van der Waals surface area (Å²) in [7, 11) is 0. The number of rotatable bonds is 6. The zero-order valence-electron chi connectivity index (χ0n) is 16.0. The molecule has 0 aliphatic carbocycles. The van der Waals surface area contributed by atoms with Crippen LogP contribution in [-0.2, 0) is 4.79 Å². The van der Waals surface area contributed by atoms with E-state index in [1.54, 1.807) is 29.5 Å². The molecule has 4 rings (SSSR count). The number of nitrogens with one attached hydrogen (secondary N) is 2. The first-order valence-corrected chi connectivity index (χ1v) is 10.6. The Balaban J connectivity index is 1.43. The Labute approximate surface area is 174 Å². The summed E-state index contributed by atoms with van der Waals surface area (Å²) in [5.74, 6) is -0.349. The molecule has 1 atom stereocenters. The first-order valence-electron chi connectivity index (χ1n) is 9.73. The van der Waals surface area contributed by atoms with Crippen LogP contribution in [0.2, 0.25) is 0 Å². The highest BCUT2D eigenvalue weighted by molar-refractivity contribution is 7.10. The smallest absolute Gasteiger partial charge is 0.257 e. The summed E-state index contributed by atoms with van der Waals surface area (Å²) in [6.07, 6.45) is 2.16. The van der Waals surface area contributed by atoms with Crippen LogP contribution in [0.4, 0.5) is 11.4 Å². The molecule has 3 aromatic rings. The number of hydrogen-bond acceptors (Lipinski definition) is 4. The van der Waals surface area contributed by atoms with Crippen LogP contribution in [0.15, 0.2) is 72.1 Å². The third kappa shape index (κ3) is 4.72. The summed E-state index contributed by atoms with van der Waals surface area (Å²) in [4.78, 5) is 29.0. The number of hydrogen-bond donors (Lipinski definition) is 2. The second-order valence-electron chi connectivity index (χ2n) is 7.06. The number of anilines is 2. The van der Waals surface area contributed by atoms with Gasteiger partial charge >= 0.3 is 0 Å². The lowest BCUT2D eigenvalue weighted by atomic mass is 10.1. The maximum atomic E-state index is 12.7. The molecule has 29 heavy (non-hydrogen) atoms. The van der Waals surface area contributed by atoms with E-state index in [0.717, 1.165) is 25.1 Å². The highest BCUT2D eigenvalue weighted by atomic mass is 32.1. The van der Waals surface area contributed by atoms with Crippen LogP contribution in [0, 0.1) is 0 Å². The first-order chi connectivity index (χ1) is 14.2. The second-order valence-corrected chi connectivity index (χ2v) is 8.04. The van der Waals surface area contributed by atoms with Gasteiger partial charge in [0.25, 0.3) is 5.91 Å². The van der Waals surface area contributed by atoms with E-state index in [1.807, 2.05) is 36.4 Å². The molecule has 0 saturated carbocycles. The number of para-hydroxylation sites is 2. The van der Waals surface area contributed by atoms with Gasteiger partial charge in [0.05, 0.1) is 17.8 Å². The number of amides is 2. The van der Waals surface area contributed by atoms with E-state index in [9.17, 15) is 9.59 Å². The molecule has 1 fully saturated rings. The van der Waals surface area contributed by atoms with Gasteiger partial charge in [-0.3, -0.25) is 14.5 Å². The summed E-state index contributed by atoms with van der Waals surface area (Å²) in [5.41, 5.74) is 1.69. The predicted molar refractivity (Wildman–Crippen MR) is 117 cm³/mol. The topological polar surface area (TPSA) is 61.4 Å². The minimum Gasteiger partial charge on any atom is -0.324 e. The maximum Gasteiger partial charge on any atom is 0.257 e. The molecule has 0 bridgehead atoms. The molecule has 2 amide bonds. The zero-order chi connectivity index (χ0) is 20.1.